The normalized spacial score (nSPS) is 7.30. The van der Waals surface area contributed by atoms with Crippen molar-refractivity contribution in [2.75, 3.05) is 0 Å². The van der Waals surface area contributed by atoms with Crippen molar-refractivity contribution in [3.8, 4) is 0 Å². The fraction of sp³-hybridized carbons (Fsp3) is 0.750. The van der Waals surface area contributed by atoms with E-state index in [9.17, 15) is 4.79 Å². The van der Waals surface area contributed by atoms with E-state index in [2.05, 4.69) is 20.8 Å². The summed E-state index contributed by atoms with van der Waals surface area (Å²) < 4.78 is 0. The average Bonchev–Trinajstić information content (AvgIpc) is 1.66. The minimum Gasteiger partial charge on any atom is -0.323 e. The second-order valence-corrected chi connectivity index (χ2v) is 2.46. The quantitative estimate of drug-likeness (QED) is 0.287. The van der Waals surface area contributed by atoms with Crippen molar-refractivity contribution in [2.24, 2.45) is 0 Å². The van der Waals surface area contributed by atoms with Crippen LogP contribution in [0.2, 0.25) is 0 Å². The number of hydrogen-bond acceptors (Lipinski definition) is 1. The Morgan fingerprint density at radius 1 is 1.30 bits per heavy atom. The zero-order valence-corrected chi connectivity index (χ0v) is 7.90. The minimum atomic E-state index is 0. The maximum absolute atomic E-state index is 9.40. The molecule has 0 radical (unpaired) electrons. The maximum Gasteiger partial charge on any atom is 1.00 e. The summed E-state index contributed by atoms with van der Waals surface area (Å²) in [5, 5.41) is 0. The molecule has 0 atom stereocenters. The van der Waals surface area contributed by atoms with Gasteiger partial charge in [-0.1, -0.05) is 6.92 Å². The van der Waals surface area contributed by atoms with Crippen molar-refractivity contribution in [3.05, 3.63) is 5.92 Å². The van der Waals surface area contributed by atoms with Crippen LogP contribution in [0.25, 0.3) is 0 Å². The molecule has 0 saturated carbocycles. The third kappa shape index (κ3) is 84.9. The van der Waals surface area contributed by atoms with Crippen LogP contribution >= 0.6 is 0 Å². The van der Waals surface area contributed by atoms with E-state index in [-0.39, 0.29) is 18.9 Å². The summed E-state index contributed by atoms with van der Waals surface area (Å²) in [6, 6.07) is 0. The zero-order valence-electron chi connectivity index (χ0n) is 7.90. The largest absolute Gasteiger partial charge is 1.00 e. The Balaban J connectivity index is -0.0000000910. The molecule has 0 bridgehead atoms. The van der Waals surface area contributed by atoms with Gasteiger partial charge in [-0.25, -0.2) is 0 Å². The molecule has 0 unspecified atom stereocenters. The van der Waals surface area contributed by atoms with E-state index in [0.717, 1.165) is 12.7 Å². The van der Waals surface area contributed by atoms with Crippen molar-refractivity contribution in [3.63, 3.8) is 0 Å². The van der Waals surface area contributed by atoms with Crippen LogP contribution in [0.4, 0.5) is 0 Å². The predicted octanol–water partition coefficient (Wildman–Crippen LogP) is -0.390. The SMILES string of the molecule is CCCC=O.C[C-](C)C.[Li+]. The van der Waals surface area contributed by atoms with Gasteiger partial charge in [0.1, 0.15) is 6.29 Å². The summed E-state index contributed by atoms with van der Waals surface area (Å²) in [6.07, 6.45) is 2.61. The van der Waals surface area contributed by atoms with E-state index in [1.54, 1.807) is 0 Å². The summed E-state index contributed by atoms with van der Waals surface area (Å²) in [5.41, 5.74) is 0. The smallest absolute Gasteiger partial charge is 0.323 e. The first-order valence-electron chi connectivity index (χ1n) is 3.35. The van der Waals surface area contributed by atoms with Crippen LogP contribution in [-0.2, 0) is 4.79 Å². The molecule has 0 aliphatic carbocycles. The molecule has 0 aliphatic heterocycles. The van der Waals surface area contributed by atoms with Gasteiger partial charge in [0.25, 0.3) is 0 Å². The molecule has 56 valence electrons. The van der Waals surface area contributed by atoms with E-state index in [0.29, 0.717) is 6.42 Å². The predicted molar refractivity (Wildman–Crippen MR) is 41.2 cm³/mol. The van der Waals surface area contributed by atoms with Crippen molar-refractivity contribution in [1.82, 2.24) is 0 Å². The molecule has 10 heavy (non-hydrogen) atoms. The molecule has 0 aromatic heterocycles. The Morgan fingerprint density at radius 2 is 1.60 bits per heavy atom. The van der Waals surface area contributed by atoms with Crippen molar-refractivity contribution >= 4 is 6.29 Å². The van der Waals surface area contributed by atoms with Gasteiger partial charge in [-0.3, -0.25) is 0 Å². The molecule has 0 N–H and O–H groups in total. The molecule has 0 rings (SSSR count). The summed E-state index contributed by atoms with van der Waals surface area (Å²) in [7, 11) is 0. The van der Waals surface area contributed by atoms with Gasteiger partial charge in [0.05, 0.1) is 0 Å². The maximum atomic E-state index is 9.40. The third-order valence-electron chi connectivity index (χ3n) is 0.407. The molecule has 1 nitrogen and oxygen atoms in total. The third-order valence-corrected chi connectivity index (χ3v) is 0.407. The molecule has 0 aromatic carbocycles. The van der Waals surface area contributed by atoms with E-state index in [1.807, 2.05) is 6.92 Å². The van der Waals surface area contributed by atoms with Gasteiger partial charge < -0.3 is 10.7 Å². The second-order valence-electron chi connectivity index (χ2n) is 2.46. The van der Waals surface area contributed by atoms with E-state index < -0.39 is 0 Å². The number of carbonyl (C=O) groups excluding carboxylic acids is 1. The first-order chi connectivity index (χ1) is 4.15. The molecule has 0 amide bonds. The molecule has 0 fully saturated rings. The van der Waals surface area contributed by atoms with E-state index in [1.165, 1.54) is 5.92 Å². The molecular formula is C8H17LiO. The Kier molecular flexibility index (Phi) is 26.9. The first kappa shape index (κ1) is 16.7. The number of carbonyl (C=O) groups is 1. The van der Waals surface area contributed by atoms with Crippen molar-refractivity contribution in [2.45, 2.75) is 40.5 Å². The van der Waals surface area contributed by atoms with Gasteiger partial charge in [0, 0.05) is 6.42 Å². The van der Waals surface area contributed by atoms with Gasteiger partial charge in [-0.05, 0) is 6.42 Å². The Hall–Kier alpha value is 0.267. The molecule has 0 heterocycles. The van der Waals surface area contributed by atoms with Gasteiger partial charge in [0.2, 0.25) is 0 Å². The molecule has 2 heteroatoms. The summed E-state index contributed by atoms with van der Waals surface area (Å²) in [4.78, 5) is 9.40. The Bertz CT molecular complexity index is 50.5. The summed E-state index contributed by atoms with van der Waals surface area (Å²) >= 11 is 0. The Labute approximate surface area is 76.8 Å². The molecule has 0 aliphatic rings. The van der Waals surface area contributed by atoms with E-state index >= 15 is 0 Å². The summed E-state index contributed by atoms with van der Waals surface area (Å²) in [5.74, 6) is 1.42. The van der Waals surface area contributed by atoms with Crippen molar-refractivity contribution < 1.29 is 23.7 Å². The molecule has 0 saturated heterocycles. The average molecular weight is 136 g/mol. The van der Waals surface area contributed by atoms with Gasteiger partial charge in [-0.15, -0.1) is 0 Å². The van der Waals surface area contributed by atoms with E-state index in [4.69, 9.17) is 0 Å². The van der Waals surface area contributed by atoms with Crippen LogP contribution in [0, 0.1) is 5.92 Å². The van der Waals surface area contributed by atoms with Gasteiger partial charge >= 0.3 is 18.9 Å². The standard InChI is InChI=1S/C4H8O.C4H9.Li/c1-2-3-4-5;1-4(2)3;/h4H,2-3H2,1H3;1-3H3;/q;-1;+1. The number of unbranched alkanes of at least 4 members (excludes halogenated alkanes) is 1. The van der Waals surface area contributed by atoms with Crippen LogP contribution in [0.5, 0.6) is 0 Å². The Morgan fingerprint density at radius 3 is 1.60 bits per heavy atom. The molecule has 0 aromatic rings. The minimum absolute atomic E-state index is 0. The van der Waals surface area contributed by atoms with Crippen LogP contribution in [0.3, 0.4) is 0 Å². The van der Waals surface area contributed by atoms with Gasteiger partial charge in [0.15, 0.2) is 0 Å². The topological polar surface area (TPSA) is 17.1 Å². The number of hydrogen-bond donors (Lipinski definition) is 0. The summed E-state index contributed by atoms with van der Waals surface area (Å²) in [6.45, 7) is 8.23. The first-order valence-corrected chi connectivity index (χ1v) is 3.35. The molecule has 0 spiro atoms. The van der Waals surface area contributed by atoms with Crippen LogP contribution < -0.4 is 18.9 Å². The fourth-order valence-corrected chi connectivity index (χ4v) is 0.118. The van der Waals surface area contributed by atoms with Crippen LogP contribution in [0.15, 0.2) is 0 Å². The second kappa shape index (κ2) is 16.1. The van der Waals surface area contributed by atoms with Crippen molar-refractivity contribution in [1.29, 1.82) is 0 Å². The molecular weight excluding hydrogens is 119 g/mol. The number of aldehydes is 1. The fourth-order valence-electron chi connectivity index (χ4n) is 0.118. The van der Waals surface area contributed by atoms with Crippen LogP contribution in [-0.4, -0.2) is 6.29 Å². The number of rotatable bonds is 2. The zero-order chi connectivity index (χ0) is 7.70. The monoisotopic (exact) mass is 136 g/mol. The van der Waals surface area contributed by atoms with Crippen LogP contribution in [0.1, 0.15) is 40.5 Å². The van der Waals surface area contributed by atoms with Gasteiger partial charge in [-0.2, -0.15) is 20.8 Å².